The molecule has 0 saturated carbocycles. The quantitative estimate of drug-likeness (QED) is 0.574. The number of hydrogen-bond acceptors (Lipinski definition) is 3. The van der Waals surface area contributed by atoms with Gasteiger partial charge in [0.05, 0.1) is 10.9 Å². The number of aldehydes is 1. The second kappa shape index (κ2) is 7.57. The largest absolute Gasteiger partial charge is 0.380 e. The summed E-state index contributed by atoms with van der Waals surface area (Å²) < 4.78 is 0. The number of carbonyl (C=O) groups is 1. The summed E-state index contributed by atoms with van der Waals surface area (Å²) in [7, 11) is 1.92. The first kappa shape index (κ1) is 10.5. The average Bonchev–Trinajstić information content (AvgIpc) is 2.56. The van der Waals surface area contributed by atoms with Crippen LogP contribution in [0, 0.1) is 0 Å². The molecule has 0 saturated heterocycles. The number of halogens is 1. The van der Waals surface area contributed by atoms with Gasteiger partial charge in [-0.15, -0.1) is 22.9 Å². The average molecular weight is 192 g/mol. The van der Waals surface area contributed by atoms with E-state index < -0.39 is 0 Å². The molecule has 0 fully saturated rings. The van der Waals surface area contributed by atoms with E-state index in [4.69, 9.17) is 16.4 Å². The van der Waals surface area contributed by atoms with E-state index in [1.807, 2.05) is 24.6 Å². The van der Waals surface area contributed by atoms with E-state index in [1.165, 1.54) is 5.00 Å². The molecule has 0 bridgehead atoms. The Morgan fingerprint density at radius 2 is 2.45 bits per heavy atom. The molecule has 0 aromatic carbocycles. The SMILES string of the molecule is CNc1cccs1.O=CCCl. The fourth-order valence-electron chi connectivity index (χ4n) is 0.421. The molecule has 1 heterocycles. The lowest BCUT2D eigenvalue weighted by atomic mass is 10.6. The molecule has 0 aliphatic rings. The summed E-state index contributed by atoms with van der Waals surface area (Å²) in [6, 6.07) is 4.07. The van der Waals surface area contributed by atoms with E-state index in [-0.39, 0.29) is 5.88 Å². The van der Waals surface area contributed by atoms with Crippen LogP contribution in [0.3, 0.4) is 0 Å². The van der Waals surface area contributed by atoms with Crippen LogP contribution in [-0.4, -0.2) is 19.2 Å². The number of nitrogens with one attached hydrogen (secondary N) is 1. The van der Waals surface area contributed by atoms with Crippen molar-refractivity contribution in [3.05, 3.63) is 17.5 Å². The number of hydrogen-bond donors (Lipinski definition) is 1. The number of anilines is 1. The van der Waals surface area contributed by atoms with E-state index in [2.05, 4.69) is 5.32 Å². The first-order chi connectivity index (χ1) is 5.35. The molecule has 0 atom stereocenters. The molecule has 2 nitrogen and oxygen atoms in total. The summed E-state index contributed by atoms with van der Waals surface area (Å²) in [6.07, 6.45) is 0.640. The maximum absolute atomic E-state index is 9.04. The molecule has 0 aliphatic carbocycles. The monoisotopic (exact) mass is 191 g/mol. The molecule has 0 amide bonds. The van der Waals surface area contributed by atoms with Gasteiger partial charge in [-0.2, -0.15) is 0 Å². The van der Waals surface area contributed by atoms with Crippen molar-refractivity contribution in [1.82, 2.24) is 0 Å². The standard InChI is InChI=1S/C5H7NS.C2H3ClO/c1-6-5-3-2-4-7-5;3-1-2-4/h2-4,6H,1H3;2H,1H2. The van der Waals surface area contributed by atoms with Crippen molar-refractivity contribution < 1.29 is 4.79 Å². The maximum atomic E-state index is 9.04. The van der Waals surface area contributed by atoms with Crippen LogP contribution in [0.5, 0.6) is 0 Å². The normalized spacial score (nSPS) is 7.82. The summed E-state index contributed by atoms with van der Waals surface area (Å²) >= 11 is 6.53. The fourth-order valence-corrected chi connectivity index (χ4v) is 1.000. The summed E-state index contributed by atoms with van der Waals surface area (Å²) in [5.74, 6) is 0.111. The Kier molecular flexibility index (Phi) is 7.19. The van der Waals surface area contributed by atoms with Gasteiger partial charge in [0.15, 0.2) is 0 Å². The van der Waals surface area contributed by atoms with Gasteiger partial charge in [0.25, 0.3) is 0 Å². The van der Waals surface area contributed by atoms with Crippen molar-refractivity contribution in [2.24, 2.45) is 0 Å². The van der Waals surface area contributed by atoms with Crippen LogP contribution < -0.4 is 5.32 Å². The van der Waals surface area contributed by atoms with Crippen LogP contribution in [-0.2, 0) is 4.79 Å². The highest BCUT2D eigenvalue weighted by atomic mass is 35.5. The molecule has 1 aromatic heterocycles. The molecular formula is C7H10ClNOS. The molecule has 62 valence electrons. The van der Waals surface area contributed by atoms with Gasteiger partial charge < -0.3 is 10.1 Å². The van der Waals surface area contributed by atoms with E-state index >= 15 is 0 Å². The minimum atomic E-state index is 0.111. The molecule has 11 heavy (non-hydrogen) atoms. The van der Waals surface area contributed by atoms with Crippen LogP contribution in [0.1, 0.15) is 0 Å². The van der Waals surface area contributed by atoms with Gasteiger partial charge in [-0.25, -0.2) is 0 Å². The van der Waals surface area contributed by atoms with Crippen molar-refractivity contribution in [1.29, 1.82) is 0 Å². The highest BCUT2D eigenvalue weighted by Gasteiger charge is 1.80. The molecule has 0 aliphatic heterocycles. The molecule has 0 unspecified atom stereocenters. The van der Waals surface area contributed by atoms with E-state index in [0.717, 1.165) is 0 Å². The lowest BCUT2D eigenvalue weighted by molar-refractivity contribution is -0.105. The van der Waals surface area contributed by atoms with Gasteiger partial charge in [0.2, 0.25) is 0 Å². The second-order valence-corrected chi connectivity index (χ2v) is 2.80. The Morgan fingerprint density at radius 1 is 1.82 bits per heavy atom. The van der Waals surface area contributed by atoms with Gasteiger partial charge in [-0.1, -0.05) is 0 Å². The summed E-state index contributed by atoms with van der Waals surface area (Å²) in [5.41, 5.74) is 0. The van der Waals surface area contributed by atoms with E-state index in [9.17, 15) is 0 Å². The Morgan fingerprint density at radius 3 is 2.64 bits per heavy atom. The van der Waals surface area contributed by atoms with Crippen LogP contribution in [0.4, 0.5) is 5.00 Å². The van der Waals surface area contributed by atoms with Crippen LogP contribution in [0.2, 0.25) is 0 Å². The molecule has 1 N–H and O–H groups in total. The lowest BCUT2D eigenvalue weighted by Crippen LogP contribution is -1.79. The summed E-state index contributed by atoms with van der Waals surface area (Å²) in [6.45, 7) is 0. The highest BCUT2D eigenvalue weighted by Crippen LogP contribution is 2.12. The zero-order valence-electron chi connectivity index (χ0n) is 6.21. The lowest BCUT2D eigenvalue weighted by Gasteiger charge is -1.85. The van der Waals surface area contributed by atoms with Crippen molar-refractivity contribution in [2.75, 3.05) is 18.2 Å². The molecule has 0 radical (unpaired) electrons. The zero-order valence-corrected chi connectivity index (χ0v) is 7.78. The zero-order chi connectivity index (χ0) is 8.53. The number of rotatable bonds is 2. The number of thiophene rings is 1. The van der Waals surface area contributed by atoms with Crippen molar-refractivity contribution >= 4 is 34.2 Å². The molecule has 4 heteroatoms. The van der Waals surface area contributed by atoms with E-state index in [1.54, 1.807) is 11.3 Å². The van der Waals surface area contributed by atoms with Crippen LogP contribution in [0.15, 0.2) is 17.5 Å². The van der Waals surface area contributed by atoms with E-state index in [0.29, 0.717) is 6.29 Å². The molecular weight excluding hydrogens is 182 g/mol. The highest BCUT2D eigenvalue weighted by molar-refractivity contribution is 7.14. The van der Waals surface area contributed by atoms with Crippen molar-refractivity contribution in [2.45, 2.75) is 0 Å². The first-order valence-corrected chi connectivity index (χ1v) is 4.47. The minimum absolute atomic E-state index is 0.111. The molecule has 1 rings (SSSR count). The Labute approximate surface area is 75.2 Å². The van der Waals surface area contributed by atoms with Crippen molar-refractivity contribution in [3.63, 3.8) is 0 Å². The third kappa shape index (κ3) is 5.88. The second-order valence-electron chi connectivity index (χ2n) is 1.55. The van der Waals surface area contributed by atoms with Crippen LogP contribution >= 0.6 is 22.9 Å². The molecule has 0 spiro atoms. The Hall–Kier alpha value is -0.540. The fraction of sp³-hybridized carbons (Fsp3) is 0.286. The topological polar surface area (TPSA) is 29.1 Å². The number of carbonyl (C=O) groups excluding carboxylic acids is 1. The summed E-state index contributed by atoms with van der Waals surface area (Å²) in [4.78, 5) is 9.04. The van der Waals surface area contributed by atoms with Gasteiger partial charge in [0.1, 0.15) is 6.29 Å². The smallest absolute Gasteiger partial charge is 0.134 e. The predicted octanol–water partition coefficient (Wildman–Crippen LogP) is 2.21. The van der Waals surface area contributed by atoms with Gasteiger partial charge in [-0.3, -0.25) is 0 Å². The molecule has 1 aromatic rings. The Bertz CT molecular complexity index is 177. The number of alkyl halides is 1. The third-order valence-electron chi connectivity index (χ3n) is 0.831. The van der Waals surface area contributed by atoms with Crippen molar-refractivity contribution in [3.8, 4) is 0 Å². The third-order valence-corrected chi connectivity index (χ3v) is 1.84. The van der Waals surface area contributed by atoms with Crippen LogP contribution in [0.25, 0.3) is 0 Å². The minimum Gasteiger partial charge on any atom is -0.380 e. The van der Waals surface area contributed by atoms with Gasteiger partial charge in [-0.05, 0) is 17.5 Å². The summed E-state index contributed by atoms with van der Waals surface area (Å²) in [5, 5.41) is 6.30. The maximum Gasteiger partial charge on any atom is 0.134 e. The van der Waals surface area contributed by atoms with Gasteiger partial charge in [0, 0.05) is 7.05 Å². The van der Waals surface area contributed by atoms with Gasteiger partial charge >= 0.3 is 0 Å². The predicted molar refractivity (Wildman–Crippen MR) is 50.6 cm³/mol. The Balaban J connectivity index is 0.000000218. The first-order valence-electron chi connectivity index (χ1n) is 3.06.